The Morgan fingerprint density at radius 1 is 1.11 bits per heavy atom. The molecular formula is C16H31NO2. The Balaban J connectivity index is 1.78. The van der Waals surface area contributed by atoms with Crippen molar-refractivity contribution in [3.05, 3.63) is 0 Å². The van der Waals surface area contributed by atoms with Crippen LogP contribution in [0, 0.1) is 17.8 Å². The van der Waals surface area contributed by atoms with Gasteiger partial charge in [0.05, 0.1) is 12.7 Å². The number of nitrogens with zero attached hydrogens (tertiary/aromatic N) is 1. The molecule has 1 saturated heterocycles. The highest BCUT2D eigenvalue weighted by Gasteiger charge is 2.30. The minimum Gasteiger partial charge on any atom is -0.395 e. The van der Waals surface area contributed by atoms with E-state index in [1.165, 1.54) is 25.7 Å². The summed E-state index contributed by atoms with van der Waals surface area (Å²) >= 11 is 0. The van der Waals surface area contributed by atoms with Gasteiger partial charge in [-0.3, -0.25) is 4.90 Å². The summed E-state index contributed by atoms with van der Waals surface area (Å²) < 4.78 is 0. The minimum absolute atomic E-state index is 0.187. The van der Waals surface area contributed by atoms with Gasteiger partial charge in [-0.2, -0.15) is 0 Å². The van der Waals surface area contributed by atoms with Gasteiger partial charge in [0.15, 0.2) is 0 Å². The SMILES string of the molecule is CC(C)C1CCC(CN2CCC(O)CC2CO)CC1. The second-order valence-electron chi connectivity index (χ2n) is 7.03. The normalized spacial score (nSPS) is 37.7. The zero-order valence-electron chi connectivity index (χ0n) is 12.6. The van der Waals surface area contributed by atoms with Gasteiger partial charge in [0, 0.05) is 19.1 Å². The van der Waals surface area contributed by atoms with E-state index in [1.54, 1.807) is 0 Å². The molecule has 1 saturated carbocycles. The van der Waals surface area contributed by atoms with E-state index in [2.05, 4.69) is 18.7 Å². The predicted octanol–water partition coefficient (Wildman–Crippen LogP) is 2.27. The van der Waals surface area contributed by atoms with Crippen molar-refractivity contribution in [2.24, 2.45) is 17.8 Å². The number of likely N-dealkylation sites (tertiary alicyclic amines) is 1. The smallest absolute Gasteiger partial charge is 0.0587 e. The third kappa shape index (κ3) is 4.17. The molecular weight excluding hydrogens is 238 g/mol. The molecule has 0 radical (unpaired) electrons. The van der Waals surface area contributed by atoms with Crippen molar-refractivity contribution < 1.29 is 10.2 Å². The first-order valence-electron chi connectivity index (χ1n) is 8.13. The highest BCUT2D eigenvalue weighted by atomic mass is 16.3. The maximum absolute atomic E-state index is 9.69. The Hall–Kier alpha value is -0.120. The van der Waals surface area contributed by atoms with E-state index in [4.69, 9.17) is 0 Å². The molecule has 0 amide bonds. The molecule has 2 atom stereocenters. The van der Waals surface area contributed by atoms with E-state index in [0.717, 1.165) is 43.7 Å². The van der Waals surface area contributed by atoms with Crippen LogP contribution in [0.25, 0.3) is 0 Å². The lowest BCUT2D eigenvalue weighted by atomic mass is 9.76. The molecule has 19 heavy (non-hydrogen) atoms. The average molecular weight is 269 g/mol. The molecule has 1 aliphatic carbocycles. The van der Waals surface area contributed by atoms with E-state index in [0.29, 0.717) is 0 Å². The van der Waals surface area contributed by atoms with Crippen molar-refractivity contribution in [2.75, 3.05) is 19.7 Å². The van der Waals surface area contributed by atoms with Crippen LogP contribution in [0.15, 0.2) is 0 Å². The number of aliphatic hydroxyl groups is 2. The molecule has 3 heteroatoms. The highest BCUT2D eigenvalue weighted by molar-refractivity contribution is 4.84. The number of piperidine rings is 1. The quantitative estimate of drug-likeness (QED) is 0.823. The first-order chi connectivity index (χ1) is 9.10. The molecule has 1 heterocycles. The van der Waals surface area contributed by atoms with Crippen LogP contribution in [0.4, 0.5) is 0 Å². The van der Waals surface area contributed by atoms with Gasteiger partial charge in [-0.05, 0) is 56.3 Å². The second kappa shape index (κ2) is 7.05. The summed E-state index contributed by atoms with van der Waals surface area (Å²) in [4.78, 5) is 2.42. The summed E-state index contributed by atoms with van der Waals surface area (Å²) in [7, 11) is 0. The van der Waals surface area contributed by atoms with Gasteiger partial charge in [0.2, 0.25) is 0 Å². The predicted molar refractivity (Wildman–Crippen MR) is 78.0 cm³/mol. The molecule has 0 aromatic carbocycles. The summed E-state index contributed by atoms with van der Waals surface area (Å²) in [5, 5.41) is 19.2. The van der Waals surface area contributed by atoms with Crippen LogP contribution in [0.5, 0.6) is 0 Å². The summed E-state index contributed by atoms with van der Waals surface area (Å²) in [6, 6.07) is 0.187. The topological polar surface area (TPSA) is 43.7 Å². The summed E-state index contributed by atoms with van der Waals surface area (Å²) in [5.41, 5.74) is 0. The molecule has 2 aliphatic rings. The highest BCUT2D eigenvalue weighted by Crippen LogP contribution is 2.34. The van der Waals surface area contributed by atoms with E-state index < -0.39 is 0 Å². The first kappa shape index (κ1) is 15.3. The van der Waals surface area contributed by atoms with Crippen LogP contribution in [0.2, 0.25) is 0 Å². The van der Waals surface area contributed by atoms with Gasteiger partial charge in [-0.25, -0.2) is 0 Å². The summed E-state index contributed by atoms with van der Waals surface area (Å²) in [5.74, 6) is 2.56. The monoisotopic (exact) mass is 269 g/mol. The summed E-state index contributed by atoms with van der Waals surface area (Å²) in [6.45, 7) is 6.97. The van der Waals surface area contributed by atoms with E-state index >= 15 is 0 Å². The molecule has 0 spiro atoms. The Kier molecular flexibility index (Phi) is 5.67. The fraction of sp³-hybridized carbons (Fsp3) is 1.00. The standard InChI is InChI=1S/C16H31NO2/c1-12(2)14-5-3-13(4-6-14)10-17-8-7-16(19)9-15(17)11-18/h12-16,18-19H,3-11H2,1-2H3. The third-order valence-corrected chi connectivity index (χ3v) is 5.35. The fourth-order valence-corrected chi connectivity index (χ4v) is 3.88. The van der Waals surface area contributed by atoms with Gasteiger partial charge in [-0.1, -0.05) is 13.8 Å². The van der Waals surface area contributed by atoms with Crippen molar-refractivity contribution in [1.82, 2.24) is 4.90 Å². The van der Waals surface area contributed by atoms with Gasteiger partial charge < -0.3 is 10.2 Å². The van der Waals surface area contributed by atoms with Gasteiger partial charge >= 0.3 is 0 Å². The van der Waals surface area contributed by atoms with Crippen molar-refractivity contribution in [1.29, 1.82) is 0 Å². The fourth-order valence-electron chi connectivity index (χ4n) is 3.88. The van der Waals surface area contributed by atoms with E-state index in [-0.39, 0.29) is 18.8 Å². The molecule has 112 valence electrons. The van der Waals surface area contributed by atoms with Gasteiger partial charge in [-0.15, -0.1) is 0 Å². The van der Waals surface area contributed by atoms with Crippen molar-refractivity contribution in [3.8, 4) is 0 Å². The molecule has 3 nitrogen and oxygen atoms in total. The number of hydrogen-bond donors (Lipinski definition) is 2. The zero-order chi connectivity index (χ0) is 13.8. The number of rotatable bonds is 4. The Bertz CT molecular complexity index is 261. The maximum Gasteiger partial charge on any atom is 0.0587 e. The van der Waals surface area contributed by atoms with Crippen molar-refractivity contribution in [3.63, 3.8) is 0 Å². The lowest BCUT2D eigenvalue weighted by molar-refractivity contribution is 0.00483. The molecule has 0 bridgehead atoms. The minimum atomic E-state index is -0.204. The molecule has 2 rings (SSSR count). The van der Waals surface area contributed by atoms with E-state index in [9.17, 15) is 10.2 Å². The molecule has 2 unspecified atom stereocenters. The van der Waals surface area contributed by atoms with Crippen LogP contribution in [-0.2, 0) is 0 Å². The number of hydrogen-bond acceptors (Lipinski definition) is 3. The zero-order valence-corrected chi connectivity index (χ0v) is 12.6. The first-order valence-corrected chi connectivity index (χ1v) is 8.13. The van der Waals surface area contributed by atoms with Crippen molar-refractivity contribution >= 4 is 0 Å². The molecule has 0 aromatic rings. The van der Waals surface area contributed by atoms with E-state index in [1.807, 2.05) is 0 Å². The average Bonchev–Trinajstić information content (AvgIpc) is 2.41. The maximum atomic E-state index is 9.69. The van der Waals surface area contributed by atoms with Crippen molar-refractivity contribution in [2.45, 2.75) is 64.5 Å². The lowest BCUT2D eigenvalue weighted by Crippen LogP contribution is -2.48. The van der Waals surface area contributed by atoms with Gasteiger partial charge in [0.25, 0.3) is 0 Å². The molecule has 2 N–H and O–H groups in total. The third-order valence-electron chi connectivity index (χ3n) is 5.35. The van der Waals surface area contributed by atoms with Crippen LogP contribution in [0.1, 0.15) is 52.4 Å². The second-order valence-corrected chi connectivity index (χ2v) is 7.03. The number of aliphatic hydroxyl groups excluding tert-OH is 2. The van der Waals surface area contributed by atoms with Crippen LogP contribution in [0.3, 0.4) is 0 Å². The van der Waals surface area contributed by atoms with Crippen LogP contribution < -0.4 is 0 Å². The molecule has 2 fully saturated rings. The largest absolute Gasteiger partial charge is 0.395 e. The Morgan fingerprint density at radius 3 is 2.37 bits per heavy atom. The van der Waals surface area contributed by atoms with Gasteiger partial charge in [0.1, 0.15) is 0 Å². The molecule has 0 aromatic heterocycles. The molecule has 1 aliphatic heterocycles. The lowest BCUT2D eigenvalue weighted by Gasteiger charge is -2.40. The Labute approximate surface area is 118 Å². The summed E-state index contributed by atoms with van der Waals surface area (Å²) in [6.07, 6.45) is 6.87. The van der Waals surface area contributed by atoms with Crippen LogP contribution >= 0.6 is 0 Å². The van der Waals surface area contributed by atoms with Crippen LogP contribution in [-0.4, -0.2) is 47.0 Å². The Morgan fingerprint density at radius 2 is 1.79 bits per heavy atom.